The van der Waals surface area contributed by atoms with Crippen LogP contribution in [0.15, 0.2) is 12.1 Å². The van der Waals surface area contributed by atoms with Gasteiger partial charge >= 0.3 is 5.97 Å². The highest BCUT2D eigenvalue weighted by Crippen LogP contribution is 2.36. The van der Waals surface area contributed by atoms with Gasteiger partial charge in [0.25, 0.3) is 0 Å². The number of phenolic OH excluding ortho intramolecular Hbond substituents is 2. The number of hydrogen-bond acceptors (Lipinski definition) is 3. The molecule has 0 amide bonds. The minimum Gasteiger partial charge on any atom is -0.508 e. The van der Waals surface area contributed by atoms with Crippen molar-refractivity contribution in [3.8, 4) is 11.5 Å². The summed E-state index contributed by atoms with van der Waals surface area (Å²) in [4.78, 5) is 10.8. The van der Waals surface area contributed by atoms with Gasteiger partial charge < -0.3 is 15.3 Å². The van der Waals surface area contributed by atoms with E-state index in [-0.39, 0.29) is 17.4 Å². The minimum absolute atomic E-state index is 0.0193. The molecular weight excluding hydrogens is 208 g/mol. The predicted octanol–water partition coefficient (Wildman–Crippen LogP) is 2.41. The summed E-state index contributed by atoms with van der Waals surface area (Å²) in [7, 11) is 0. The Labute approximate surface area is 94.2 Å². The number of hydrogen-bond donors (Lipinski definition) is 3. The lowest BCUT2D eigenvalue weighted by Gasteiger charge is -2.14. The Balaban J connectivity index is 3.24. The Morgan fingerprint density at radius 3 is 1.88 bits per heavy atom. The maximum atomic E-state index is 10.8. The van der Waals surface area contributed by atoms with E-state index >= 15 is 0 Å². The average molecular weight is 224 g/mol. The highest BCUT2D eigenvalue weighted by Gasteiger charge is 2.19. The lowest BCUT2D eigenvalue weighted by molar-refractivity contribution is -0.138. The van der Waals surface area contributed by atoms with E-state index in [1.165, 1.54) is 19.1 Å². The van der Waals surface area contributed by atoms with Crippen molar-refractivity contribution in [2.75, 3.05) is 0 Å². The Morgan fingerprint density at radius 1 is 1.12 bits per heavy atom. The maximum absolute atomic E-state index is 10.8. The molecule has 0 fully saturated rings. The topological polar surface area (TPSA) is 77.8 Å². The molecule has 1 rings (SSSR count). The quantitative estimate of drug-likeness (QED) is 0.736. The second-order valence-electron chi connectivity index (χ2n) is 4.19. The Bertz CT molecular complexity index is 386. The molecule has 4 nitrogen and oxygen atoms in total. The van der Waals surface area contributed by atoms with Gasteiger partial charge in [0.2, 0.25) is 0 Å². The largest absolute Gasteiger partial charge is 0.508 e. The van der Waals surface area contributed by atoms with Gasteiger partial charge in [0.1, 0.15) is 11.5 Å². The first-order valence-electron chi connectivity index (χ1n) is 5.13. The zero-order chi connectivity index (χ0) is 12.5. The molecule has 1 unspecified atom stereocenters. The van der Waals surface area contributed by atoms with E-state index in [0.29, 0.717) is 11.1 Å². The number of aromatic hydroxyl groups is 2. The highest BCUT2D eigenvalue weighted by atomic mass is 16.4. The third-order valence-corrected chi connectivity index (χ3v) is 2.61. The van der Waals surface area contributed by atoms with Gasteiger partial charge in [-0.25, -0.2) is 0 Å². The minimum atomic E-state index is -0.990. The number of carboxylic acids is 1. The summed E-state index contributed by atoms with van der Waals surface area (Å²) in [6.45, 7) is 5.19. The lowest BCUT2D eigenvalue weighted by Crippen LogP contribution is -2.07. The predicted molar refractivity (Wildman–Crippen MR) is 59.9 cm³/mol. The third kappa shape index (κ3) is 2.27. The third-order valence-electron chi connectivity index (χ3n) is 2.61. The van der Waals surface area contributed by atoms with Gasteiger partial charge in [-0.15, -0.1) is 0 Å². The van der Waals surface area contributed by atoms with E-state index in [0.717, 1.165) is 0 Å². The molecular formula is C12H16O4. The van der Waals surface area contributed by atoms with Crippen molar-refractivity contribution >= 4 is 5.97 Å². The van der Waals surface area contributed by atoms with Crippen molar-refractivity contribution in [3.05, 3.63) is 23.3 Å². The molecule has 0 aromatic heterocycles. The molecule has 1 aromatic carbocycles. The maximum Gasteiger partial charge on any atom is 0.310 e. The molecule has 0 aliphatic carbocycles. The van der Waals surface area contributed by atoms with Crippen molar-refractivity contribution in [3.63, 3.8) is 0 Å². The monoisotopic (exact) mass is 224 g/mol. The molecule has 0 bridgehead atoms. The fraction of sp³-hybridized carbons (Fsp3) is 0.417. The molecule has 0 aliphatic heterocycles. The van der Waals surface area contributed by atoms with Crippen LogP contribution in [-0.4, -0.2) is 21.3 Å². The first kappa shape index (κ1) is 12.4. The number of benzene rings is 1. The van der Waals surface area contributed by atoms with Crippen molar-refractivity contribution < 1.29 is 20.1 Å². The van der Waals surface area contributed by atoms with Crippen LogP contribution in [0.4, 0.5) is 0 Å². The normalized spacial score (nSPS) is 12.8. The first-order chi connectivity index (χ1) is 7.34. The second-order valence-corrected chi connectivity index (χ2v) is 4.19. The van der Waals surface area contributed by atoms with Gasteiger partial charge in [-0.1, -0.05) is 13.8 Å². The van der Waals surface area contributed by atoms with Crippen molar-refractivity contribution in [1.82, 2.24) is 0 Å². The zero-order valence-corrected chi connectivity index (χ0v) is 9.56. The molecule has 0 heterocycles. The van der Waals surface area contributed by atoms with E-state index in [9.17, 15) is 15.0 Å². The molecule has 3 N–H and O–H groups in total. The summed E-state index contributed by atoms with van der Waals surface area (Å²) in [5.74, 6) is -1.88. The second kappa shape index (κ2) is 4.43. The lowest BCUT2D eigenvalue weighted by atomic mass is 9.94. The average Bonchev–Trinajstić information content (AvgIpc) is 2.14. The standard InChI is InChI=1S/C12H16O4/c1-6(2)11-9(13)4-8(5-10(11)14)7(3)12(15)16/h4-7,13-14H,1-3H3,(H,15,16). The number of aliphatic carboxylic acids is 1. The van der Waals surface area contributed by atoms with E-state index in [4.69, 9.17) is 5.11 Å². The molecule has 16 heavy (non-hydrogen) atoms. The SMILES string of the molecule is CC(C)c1c(O)cc(C(C)C(=O)O)cc1O. The molecule has 0 aliphatic rings. The highest BCUT2D eigenvalue weighted by molar-refractivity contribution is 5.76. The molecule has 4 heteroatoms. The van der Waals surface area contributed by atoms with Gasteiger partial charge in [0.15, 0.2) is 0 Å². The molecule has 0 saturated heterocycles. The van der Waals surface area contributed by atoms with Crippen LogP contribution >= 0.6 is 0 Å². The van der Waals surface area contributed by atoms with E-state index in [2.05, 4.69) is 0 Å². The van der Waals surface area contributed by atoms with Crippen LogP contribution in [-0.2, 0) is 4.79 Å². The van der Waals surface area contributed by atoms with Gasteiger partial charge in [0, 0.05) is 5.56 Å². The molecule has 1 aromatic rings. The summed E-state index contributed by atoms with van der Waals surface area (Å²) in [6.07, 6.45) is 0. The molecule has 88 valence electrons. The van der Waals surface area contributed by atoms with Crippen LogP contribution < -0.4 is 0 Å². The molecule has 0 saturated carbocycles. The van der Waals surface area contributed by atoms with Crippen molar-refractivity contribution in [2.45, 2.75) is 32.6 Å². The van der Waals surface area contributed by atoms with Crippen molar-refractivity contribution in [2.24, 2.45) is 0 Å². The summed E-state index contributed by atoms with van der Waals surface area (Å²) in [5.41, 5.74) is 0.841. The van der Waals surface area contributed by atoms with Crippen LogP contribution in [0.1, 0.15) is 43.7 Å². The van der Waals surface area contributed by atoms with E-state index in [1.807, 2.05) is 13.8 Å². The van der Waals surface area contributed by atoms with Crippen LogP contribution in [0.5, 0.6) is 11.5 Å². The zero-order valence-electron chi connectivity index (χ0n) is 9.56. The van der Waals surface area contributed by atoms with E-state index in [1.54, 1.807) is 0 Å². The Hall–Kier alpha value is -1.71. The number of rotatable bonds is 3. The van der Waals surface area contributed by atoms with Crippen molar-refractivity contribution in [1.29, 1.82) is 0 Å². The van der Waals surface area contributed by atoms with Gasteiger partial charge in [-0.2, -0.15) is 0 Å². The fourth-order valence-corrected chi connectivity index (χ4v) is 1.63. The smallest absolute Gasteiger partial charge is 0.310 e. The van der Waals surface area contributed by atoms with Gasteiger partial charge in [-0.3, -0.25) is 4.79 Å². The summed E-state index contributed by atoms with van der Waals surface area (Å²) >= 11 is 0. The molecule has 0 radical (unpaired) electrons. The summed E-state index contributed by atoms with van der Waals surface area (Å²) < 4.78 is 0. The number of carboxylic acid groups (broad SMARTS) is 1. The summed E-state index contributed by atoms with van der Waals surface area (Å²) in [5, 5.41) is 28.3. The summed E-state index contributed by atoms with van der Waals surface area (Å²) in [6, 6.07) is 2.79. The number of phenols is 2. The fourth-order valence-electron chi connectivity index (χ4n) is 1.63. The van der Waals surface area contributed by atoms with Crippen LogP contribution in [0.2, 0.25) is 0 Å². The van der Waals surface area contributed by atoms with Crippen LogP contribution in [0, 0.1) is 0 Å². The van der Waals surface area contributed by atoms with Crippen LogP contribution in [0.25, 0.3) is 0 Å². The molecule has 1 atom stereocenters. The van der Waals surface area contributed by atoms with E-state index < -0.39 is 11.9 Å². The van der Waals surface area contributed by atoms with Gasteiger partial charge in [-0.05, 0) is 30.5 Å². The molecule has 0 spiro atoms. The first-order valence-corrected chi connectivity index (χ1v) is 5.13. The van der Waals surface area contributed by atoms with Crippen LogP contribution in [0.3, 0.4) is 0 Å². The Morgan fingerprint density at radius 2 is 1.56 bits per heavy atom. The number of carbonyl (C=O) groups is 1. The Kier molecular flexibility index (Phi) is 3.42. The van der Waals surface area contributed by atoms with Gasteiger partial charge in [0.05, 0.1) is 5.92 Å².